The highest BCUT2D eigenvalue weighted by atomic mass is 32.1. The molecule has 4 heteroatoms. The van der Waals surface area contributed by atoms with E-state index in [4.69, 9.17) is 0 Å². The van der Waals surface area contributed by atoms with Crippen molar-refractivity contribution in [3.8, 4) is 11.8 Å². The maximum Gasteiger partial charge on any atom is 0.0785 e. The van der Waals surface area contributed by atoms with E-state index in [-0.39, 0.29) is 0 Å². The van der Waals surface area contributed by atoms with E-state index in [1.165, 1.54) is 72.4 Å². The Morgan fingerprint density at radius 2 is 0.773 bits per heavy atom. The first-order chi connectivity index (χ1) is 21.5. The van der Waals surface area contributed by atoms with Crippen molar-refractivity contribution in [1.82, 2.24) is 0 Å². The molecule has 0 nitrogen and oxygen atoms in total. The average molecular weight is 635 g/mol. The van der Waals surface area contributed by atoms with Crippen LogP contribution in [0.25, 0.3) is 64.6 Å². The molecular formula is C40H26S4. The molecule has 0 amide bonds. The molecular weight excluding hydrogens is 609 g/mol. The summed E-state index contributed by atoms with van der Waals surface area (Å²) < 4.78 is 5.21. The predicted octanol–water partition coefficient (Wildman–Crippen LogP) is 12.9. The second kappa shape index (κ2) is 11.4. The summed E-state index contributed by atoms with van der Waals surface area (Å²) in [5.41, 5.74) is 5.03. The van der Waals surface area contributed by atoms with Crippen LogP contribution < -0.4 is 0 Å². The van der Waals surface area contributed by atoms with Gasteiger partial charge < -0.3 is 0 Å². The lowest BCUT2D eigenvalue weighted by molar-refractivity contribution is 1.46. The minimum absolute atomic E-state index is 1.11. The standard InChI is InChI=1S/C40H26S4/c1-25-3-7-27(8-4-25)11-13-33-17-29-21-39-31(23-37(29)41-33)19-35(43-39)15-16-36-20-32-24-38-30(22-40(32)44-36)18-34(42-38)14-12-28-9-5-26(2)6-10-28/h3-14,17-24H,1-2H3. The van der Waals surface area contributed by atoms with Crippen LogP contribution in [0.1, 0.15) is 41.8 Å². The van der Waals surface area contributed by atoms with E-state index in [0.717, 1.165) is 9.75 Å². The average Bonchev–Trinajstić information content (AvgIpc) is 3.80. The first-order valence-corrected chi connectivity index (χ1v) is 17.7. The van der Waals surface area contributed by atoms with Gasteiger partial charge in [-0.3, -0.25) is 0 Å². The van der Waals surface area contributed by atoms with Crippen LogP contribution in [0.2, 0.25) is 0 Å². The summed E-state index contributed by atoms with van der Waals surface area (Å²) in [6.07, 6.45) is 8.83. The van der Waals surface area contributed by atoms with Gasteiger partial charge in [-0.15, -0.1) is 45.3 Å². The normalized spacial score (nSPS) is 12.0. The molecule has 0 radical (unpaired) electrons. The van der Waals surface area contributed by atoms with Gasteiger partial charge in [-0.05, 0) is 119 Å². The number of fused-ring (bicyclic) bond motifs is 4. The Morgan fingerprint density at radius 3 is 1.18 bits per heavy atom. The van der Waals surface area contributed by atoms with Crippen molar-refractivity contribution in [2.24, 2.45) is 0 Å². The Morgan fingerprint density at radius 1 is 0.409 bits per heavy atom. The third-order valence-electron chi connectivity index (χ3n) is 7.69. The molecule has 0 bridgehead atoms. The first kappa shape index (κ1) is 27.3. The second-order valence-electron chi connectivity index (χ2n) is 11.1. The zero-order valence-corrected chi connectivity index (χ0v) is 27.4. The largest absolute Gasteiger partial charge is 0.136 e. The van der Waals surface area contributed by atoms with Crippen LogP contribution in [0.5, 0.6) is 0 Å². The van der Waals surface area contributed by atoms with Gasteiger partial charge in [0.15, 0.2) is 0 Å². The Balaban J connectivity index is 1.01. The van der Waals surface area contributed by atoms with E-state index in [1.54, 1.807) is 22.7 Å². The van der Waals surface area contributed by atoms with Gasteiger partial charge in [-0.25, -0.2) is 0 Å². The van der Waals surface area contributed by atoms with Crippen LogP contribution in [0.3, 0.4) is 0 Å². The molecule has 0 unspecified atom stereocenters. The van der Waals surface area contributed by atoms with Crippen molar-refractivity contribution in [2.45, 2.75) is 13.8 Å². The summed E-state index contributed by atoms with van der Waals surface area (Å²) in [6, 6.07) is 35.6. The van der Waals surface area contributed by atoms with Crippen LogP contribution in [-0.4, -0.2) is 0 Å². The molecule has 0 saturated heterocycles. The minimum atomic E-state index is 1.11. The summed E-state index contributed by atoms with van der Waals surface area (Å²) in [5, 5.41) is 5.13. The van der Waals surface area contributed by atoms with Crippen LogP contribution in [0.15, 0.2) is 97.1 Å². The SMILES string of the molecule is Cc1ccc(C=Cc2cc3cc4sc(C#Cc5cc6cc7sc(C=Cc8ccc(C)cc8)cc7cc6s5)cc4cc3s2)cc1. The molecule has 210 valence electrons. The highest BCUT2D eigenvalue weighted by Gasteiger charge is 2.08. The topological polar surface area (TPSA) is 0 Å². The molecule has 0 N–H and O–H groups in total. The van der Waals surface area contributed by atoms with E-state index in [9.17, 15) is 0 Å². The monoisotopic (exact) mass is 634 g/mol. The van der Waals surface area contributed by atoms with Crippen molar-refractivity contribution in [3.05, 3.63) is 139 Å². The lowest BCUT2D eigenvalue weighted by Crippen LogP contribution is -1.72. The minimum Gasteiger partial charge on any atom is -0.136 e. The molecule has 0 fully saturated rings. The fourth-order valence-electron chi connectivity index (χ4n) is 5.31. The highest BCUT2D eigenvalue weighted by Crippen LogP contribution is 2.36. The van der Waals surface area contributed by atoms with E-state index in [1.807, 2.05) is 22.7 Å². The molecule has 44 heavy (non-hydrogen) atoms. The summed E-state index contributed by atoms with van der Waals surface area (Å²) in [6.45, 7) is 4.24. The molecule has 0 saturated carbocycles. The maximum atomic E-state index is 3.46. The van der Waals surface area contributed by atoms with Crippen LogP contribution in [-0.2, 0) is 0 Å². The predicted molar refractivity (Wildman–Crippen MR) is 201 cm³/mol. The molecule has 0 aliphatic rings. The van der Waals surface area contributed by atoms with Crippen molar-refractivity contribution in [2.75, 3.05) is 0 Å². The van der Waals surface area contributed by atoms with Gasteiger partial charge in [-0.2, -0.15) is 0 Å². The van der Waals surface area contributed by atoms with E-state index in [2.05, 4.69) is 147 Å². The van der Waals surface area contributed by atoms with Crippen LogP contribution in [0, 0.1) is 25.7 Å². The lowest BCUT2D eigenvalue weighted by Gasteiger charge is -1.93. The van der Waals surface area contributed by atoms with Crippen LogP contribution >= 0.6 is 45.3 Å². The number of hydrogen-bond donors (Lipinski definition) is 0. The Labute approximate surface area is 272 Å². The van der Waals surface area contributed by atoms with Gasteiger partial charge in [0.1, 0.15) is 0 Å². The van der Waals surface area contributed by atoms with Crippen molar-refractivity contribution in [1.29, 1.82) is 0 Å². The van der Waals surface area contributed by atoms with E-state index >= 15 is 0 Å². The smallest absolute Gasteiger partial charge is 0.0785 e. The third kappa shape index (κ3) is 5.68. The molecule has 4 aromatic carbocycles. The molecule has 4 heterocycles. The number of rotatable bonds is 4. The first-order valence-electron chi connectivity index (χ1n) is 14.5. The second-order valence-corrected chi connectivity index (χ2v) is 15.5. The summed E-state index contributed by atoms with van der Waals surface area (Å²) in [7, 11) is 0. The van der Waals surface area contributed by atoms with E-state index < -0.39 is 0 Å². The van der Waals surface area contributed by atoms with Crippen molar-refractivity contribution in [3.63, 3.8) is 0 Å². The fourth-order valence-corrected chi connectivity index (χ4v) is 9.20. The quantitative estimate of drug-likeness (QED) is 0.169. The molecule has 8 rings (SSSR count). The van der Waals surface area contributed by atoms with Crippen molar-refractivity contribution >= 4 is 110 Å². The maximum absolute atomic E-state index is 3.46. The molecule has 8 aromatic rings. The zero-order chi connectivity index (χ0) is 29.6. The number of thiophene rings is 4. The number of hydrogen-bond acceptors (Lipinski definition) is 4. The molecule has 0 spiro atoms. The summed E-state index contributed by atoms with van der Waals surface area (Å²) in [4.78, 5) is 4.77. The summed E-state index contributed by atoms with van der Waals surface area (Å²) >= 11 is 7.24. The van der Waals surface area contributed by atoms with Gasteiger partial charge in [0.2, 0.25) is 0 Å². The highest BCUT2D eigenvalue weighted by molar-refractivity contribution is 7.22. The van der Waals surface area contributed by atoms with E-state index in [0.29, 0.717) is 0 Å². The Bertz CT molecular complexity index is 2170. The number of aryl methyl sites for hydroxylation is 2. The zero-order valence-electron chi connectivity index (χ0n) is 24.2. The van der Waals surface area contributed by atoms with Gasteiger partial charge in [0.25, 0.3) is 0 Å². The van der Waals surface area contributed by atoms with Crippen molar-refractivity contribution < 1.29 is 0 Å². The fraction of sp³-hybridized carbons (Fsp3) is 0.0500. The molecule has 4 aromatic heterocycles. The molecule has 0 aliphatic carbocycles. The van der Waals surface area contributed by atoms with Gasteiger partial charge in [-0.1, -0.05) is 71.8 Å². The van der Waals surface area contributed by atoms with Gasteiger partial charge >= 0.3 is 0 Å². The van der Waals surface area contributed by atoms with Crippen LogP contribution in [0.4, 0.5) is 0 Å². The third-order valence-corrected chi connectivity index (χ3v) is 11.8. The summed E-state index contributed by atoms with van der Waals surface area (Å²) in [5.74, 6) is 6.91. The van der Waals surface area contributed by atoms with Gasteiger partial charge in [0, 0.05) is 28.6 Å². The van der Waals surface area contributed by atoms with Gasteiger partial charge in [0.05, 0.1) is 9.75 Å². The lowest BCUT2D eigenvalue weighted by atomic mass is 10.1. The molecule has 0 atom stereocenters. The molecule has 0 aliphatic heterocycles. The Kier molecular flexibility index (Phi) is 7.05. The Hall–Kier alpha value is -4.24. The number of benzene rings is 4.